The van der Waals surface area contributed by atoms with Crippen molar-refractivity contribution in [1.82, 2.24) is 19.5 Å². The van der Waals surface area contributed by atoms with Gasteiger partial charge in [0.25, 0.3) is 0 Å². The molecule has 0 aliphatic rings. The van der Waals surface area contributed by atoms with Gasteiger partial charge < -0.3 is 0 Å². The molecule has 4 heteroatoms. The van der Waals surface area contributed by atoms with E-state index in [9.17, 15) is 0 Å². The first kappa shape index (κ1) is 9.83. The fourth-order valence-corrected chi connectivity index (χ4v) is 1.44. The van der Waals surface area contributed by atoms with E-state index in [1.54, 1.807) is 6.20 Å². The Morgan fingerprint density at radius 3 is 2.60 bits per heavy atom. The number of nitrogens with zero attached hydrogens (tertiary/aromatic N) is 4. The van der Waals surface area contributed by atoms with Crippen molar-refractivity contribution >= 4 is 0 Å². The minimum absolute atomic E-state index is 0.696. The lowest BCUT2D eigenvalue weighted by Crippen LogP contribution is -2.04. The van der Waals surface area contributed by atoms with Crippen molar-refractivity contribution in [2.24, 2.45) is 0 Å². The largest absolute Gasteiger partial charge is 0.272 e. The van der Waals surface area contributed by atoms with Gasteiger partial charge in [0, 0.05) is 31.2 Å². The fourth-order valence-electron chi connectivity index (χ4n) is 1.44. The highest BCUT2D eigenvalue weighted by Crippen LogP contribution is 2.07. The van der Waals surface area contributed by atoms with Gasteiger partial charge in [-0.05, 0) is 18.9 Å². The van der Waals surface area contributed by atoms with Gasteiger partial charge in [-0.3, -0.25) is 4.57 Å². The highest BCUT2D eigenvalue weighted by molar-refractivity contribution is 5.17. The van der Waals surface area contributed by atoms with Gasteiger partial charge in [0.15, 0.2) is 0 Å². The van der Waals surface area contributed by atoms with E-state index in [-0.39, 0.29) is 0 Å². The predicted molar refractivity (Wildman–Crippen MR) is 57.9 cm³/mol. The average molecular weight is 202 g/mol. The molecule has 0 aliphatic heterocycles. The summed E-state index contributed by atoms with van der Waals surface area (Å²) in [6.07, 6.45) is 9.34. The SMILES string of the molecule is CCCc1nccn1-c1ncc(C)cn1. The standard InChI is InChI=1S/C11H14N4/c1-3-4-10-12-5-6-15(10)11-13-7-9(2)8-14-11/h5-8H,3-4H2,1-2H3. The van der Waals surface area contributed by atoms with E-state index in [1.165, 1.54) is 0 Å². The lowest BCUT2D eigenvalue weighted by Gasteiger charge is -2.04. The zero-order valence-electron chi connectivity index (χ0n) is 9.01. The maximum atomic E-state index is 4.29. The van der Waals surface area contributed by atoms with E-state index in [4.69, 9.17) is 0 Å². The van der Waals surface area contributed by atoms with Crippen LogP contribution in [0.3, 0.4) is 0 Å². The molecule has 2 aromatic heterocycles. The molecule has 0 bridgehead atoms. The second kappa shape index (κ2) is 4.21. The number of imidazole rings is 1. The molecule has 0 spiro atoms. The van der Waals surface area contributed by atoms with Gasteiger partial charge >= 0.3 is 0 Å². The Kier molecular flexibility index (Phi) is 2.76. The quantitative estimate of drug-likeness (QED) is 0.763. The summed E-state index contributed by atoms with van der Waals surface area (Å²) in [7, 11) is 0. The maximum absolute atomic E-state index is 4.29. The van der Waals surface area contributed by atoms with Crippen molar-refractivity contribution in [2.45, 2.75) is 26.7 Å². The summed E-state index contributed by atoms with van der Waals surface area (Å²) in [5.41, 5.74) is 1.07. The monoisotopic (exact) mass is 202 g/mol. The molecule has 2 heterocycles. The van der Waals surface area contributed by atoms with Crippen molar-refractivity contribution in [2.75, 3.05) is 0 Å². The van der Waals surface area contributed by atoms with Crippen LogP contribution in [0.4, 0.5) is 0 Å². The number of aromatic nitrogens is 4. The van der Waals surface area contributed by atoms with Crippen molar-refractivity contribution in [3.63, 3.8) is 0 Å². The van der Waals surface area contributed by atoms with Crippen LogP contribution < -0.4 is 0 Å². The summed E-state index contributed by atoms with van der Waals surface area (Å²) in [6.45, 7) is 4.11. The highest BCUT2D eigenvalue weighted by atomic mass is 15.2. The summed E-state index contributed by atoms with van der Waals surface area (Å²) >= 11 is 0. The molecule has 0 unspecified atom stereocenters. The Morgan fingerprint density at radius 2 is 1.93 bits per heavy atom. The molecule has 2 aromatic rings. The predicted octanol–water partition coefficient (Wildman–Crippen LogP) is 1.92. The average Bonchev–Trinajstić information content (AvgIpc) is 2.68. The third-order valence-corrected chi connectivity index (χ3v) is 2.17. The molecular formula is C11H14N4. The van der Waals surface area contributed by atoms with E-state index < -0.39 is 0 Å². The smallest absolute Gasteiger partial charge is 0.235 e. The Morgan fingerprint density at radius 1 is 1.20 bits per heavy atom. The molecule has 0 radical (unpaired) electrons. The van der Waals surface area contributed by atoms with Crippen LogP contribution >= 0.6 is 0 Å². The van der Waals surface area contributed by atoms with Gasteiger partial charge in [-0.25, -0.2) is 15.0 Å². The summed E-state index contributed by atoms with van der Waals surface area (Å²) in [5, 5.41) is 0. The Labute approximate surface area is 89.0 Å². The third-order valence-electron chi connectivity index (χ3n) is 2.17. The van der Waals surface area contributed by atoms with Crippen LogP contribution in [0.5, 0.6) is 0 Å². The Hall–Kier alpha value is -1.71. The molecule has 0 fully saturated rings. The first-order valence-corrected chi connectivity index (χ1v) is 5.12. The van der Waals surface area contributed by atoms with Gasteiger partial charge in [-0.1, -0.05) is 6.92 Å². The summed E-state index contributed by atoms with van der Waals surface area (Å²) in [4.78, 5) is 12.8. The summed E-state index contributed by atoms with van der Waals surface area (Å²) < 4.78 is 1.93. The van der Waals surface area contributed by atoms with Gasteiger partial charge in [0.05, 0.1) is 0 Å². The molecule has 0 atom stereocenters. The van der Waals surface area contributed by atoms with E-state index in [1.807, 2.05) is 30.1 Å². The molecule has 2 rings (SSSR count). The van der Waals surface area contributed by atoms with Crippen LogP contribution in [0.25, 0.3) is 5.95 Å². The van der Waals surface area contributed by atoms with Crippen LogP contribution in [0.1, 0.15) is 24.7 Å². The lowest BCUT2D eigenvalue weighted by molar-refractivity contribution is 0.781. The minimum atomic E-state index is 0.696. The Balaban J connectivity index is 2.36. The van der Waals surface area contributed by atoms with Crippen LogP contribution in [0.15, 0.2) is 24.8 Å². The normalized spacial score (nSPS) is 10.5. The van der Waals surface area contributed by atoms with Crippen molar-refractivity contribution in [3.05, 3.63) is 36.2 Å². The molecule has 4 nitrogen and oxygen atoms in total. The molecule has 0 aliphatic carbocycles. The first-order chi connectivity index (χ1) is 7.31. The molecule has 0 N–H and O–H groups in total. The highest BCUT2D eigenvalue weighted by Gasteiger charge is 2.05. The molecule has 15 heavy (non-hydrogen) atoms. The summed E-state index contributed by atoms with van der Waals surface area (Å²) in [6, 6.07) is 0. The molecule has 78 valence electrons. The molecule has 0 amide bonds. The number of aryl methyl sites for hydroxylation is 2. The second-order valence-corrected chi connectivity index (χ2v) is 3.52. The fraction of sp³-hybridized carbons (Fsp3) is 0.364. The first-order valence-electron chi connectivity index (χ1n) is 5.12. The van der Waals surface area contributed by atoms with Crippen LogP contribution in [0.2, 0.25) is 0 Å². The topological polar surface area (TPSA) is 43.6 Å². The van der Waals surface area contributed by atoms with Crippen LogP contribution in [-0.2, 0) is 6.42 Å². The number of hydrogen-bond acceptors (Lipinski definition) is 3. The third kappa shape index (κ3) is 2.03. The molecule has 0 saturated carbocycles. The molecule has 0 saturated heterocycles. The van der Waals surface area contributed by atoms with Gasteiger partial charge in [0.2, 0.25) is 5.95 Å². The van der Waals surface area contributed by atoms with E-state index >= 15 is 0 Å². The minimum Gasteiger partial charge on any atom is -0.272 e. The second-order valence-electron chi connectivity index (χ2n) is 3.52. The lowest BCUT2D eigenvalue weighted by atomic mass is 10.3. The zero-order valence-corrected chi connectivity index (χ0v) is 9.01. The van der Waals surface area contributed by atoms with Crippen LogP contribution in [-0.4, -0.2) is 19.5 Å². The van der Waals surface area contributed by atoms with Crippen molar-refractivity contribution in [1.29, 1.82) is 0 Å². The van der Waals surface area contributed by atoms with E-state index in [2.05, 4.69) is 21.9 Å². The molecule has 0 aromatic carbocycles. The van der Waals surface area contributed by atoms with Gasteiger partial charge in [-0.2, -0.15) is 0 Å². The van der Waals surface area contributed by atoms with E-state index in [0.29, 0.717) is 5.95 Å². The van der Waals surface area contributed by atoms with Crippen LogP contribution in [0, 0.1) is 6.92 Å². The van der Waals surface area contributed by atoms with Gasteiger partial charge in [0.1, 0.15) is 5.82 Å². The van der Waals surface area contributed by atoms with Crippen molar-refractivity contribution in [3.8, 4) is 5.95 Å². The van der Waals surface area contributed by atoms with Crippen molar-refractivity contribution < 1.29 is 0 Å². The van der Waals surface area contributed by atoms with E-state index in [0.717, 1.165) is 24.2 Å². The Bertz CT molecular complexity index is 430. The summed E-state index contributed by atoms with van der Waals surface area (Å²) in [5.74, 6) is 1.71. The van der Waals surface area contributed by atoms with Gasteiger partial charge in [-0.15, -0.1) is 0 Å². The maximum Gasteiger partial charge on any atom is 0.235 e. The number of rotatable bonds is 3. The zero-order chi connectivity index (χ0) is 10.7. The molecular weight excluding hydrogens is 188 g/mol. The number of hydrogen-bond donors (Lipinski definition) is 0.